The second-order valence-corrected chi connectivity index (χ2v) is 4.65. The number of hydrogen-bond donors (Lipinski definition) is 1. The Morgan fingerprint density at radius 2 is 2.13 bits per heavy atom. The maximum atomic E-state index is 10.1. The highest BCUT2D eigenvalue weighted by Crippen LogP contribution is 2.36. The number of fused-ring (bicyclic) bond motifs is 1. The summed E-state index contributed by atoms with van der Waals surface area (Å²) in [6.07, 6.45) is 0.552. The molecule has 2 heteroatoms. The normalized spacial score (nSPS) is 21.2. The van der Waals surface area contributed by atoms with E-state index in [4.69, 9.17) is 4.74 Å². The first-order valence-corrected chi connectivity index (χ1v) is 5.58. The molecule has 0 fully saturated rings. The number of aliphatic hydroxyl groups is 1. The van der Waals surface area contributed by atoms with Gasteiger partial charge in [-0.25, -0.2) is 0 Å². The molecular weight excluding hydrogens is 188 g/mol. The van der Waals surface area contributed by atoms with Gasteiger partial charge in [0, 0.05) is 11.5 Å². The number of hydrogen-bond acceptors (Lipinski definition) is 2. The SMILES string of the molecule is CC(C)CC(O)C1COc2ccccc21. The van der Waals surface area contributed by atoms with Crippen LogP contribution in [0.15, 0.2) is 24.3 Å². The zero-order valence-electron chi connectivity index (χ0n) is 9.31. The minimum absolute atomic E-state index is 0.156. The maximum Gasteiger partial charge on any atom is 0.123 e. The van der Waals surface area contributed by atoms with E-state index in [1.807, 2.05) is 18.2 Å². The van der Waals surface area contributed by atoms with Gasteiger partial charge in [0.1, 0.15) is 5.75 Å². The van der Waals surface area contributed by atoms with Gasteiger partial charge < -0.3 is 9.84 Å². The van der Waals surface area contributed by atoms with Crippen LogP contribution in [-0.4, -0.2) is 17.8 Å². The van der Waals surface area contributed by atoms with E-state index < -0.39 is 0 Å². The lowest BCUT2D eigenvalue weighted by Crippen LogP contribution is -2.21. The lowest BCUT2D eigenvalue weighted by atomic mass is 9.90. The molecule has 0 aliphatic carbocycles. The van der Waals surface area contributed by atoms with E-state index in [2.05, 4.69) is 19.9 Å². The Morgan fingerprint density at radius 1 is 1.40 bits per heavy atom. The van der Waals surface area contributed by atoms with Gasteiger partial charge in [0.2, 0.25) is 0 Å². The molecule has 0 amide bonds. The summed E-state index contributed by atoms with van der Waals surface area (Å²) in [5.41, 5.74) is 1.16. The van der Waals surface area contributed by atoms with Crippen molar-refractivity contribution in [2.75, 3.05) is 6.61 Å². The van der Waals surface area contributed by atoms with E-state index in [-0.39, 0.29) is 12.0 Å². The first kappa shape index (κ1) is 10.5. The van der Waals surface area contributed by atoms with Crippen LogP contribution in [0.2, 0.25) is 0 Å². The van der Waals surface area contributed by atoms with E-state index in [0.717, 1.165) is 17.7 Å². The van der Waals surface area contributed by atoms with Gasteiger partial charge in [-0.1, -0.05) is 32.0 Å². The molecule has 0 radical (unpaired) electrons. The van der Waals surface area contributed by atoms with E-state index >= 15 is 0 Å². The average molecular weight is 206 g/mol. The molecular formula is C13H18O2. The first-order chi connectivity index (χ1) is 7.18. The highest BCUT2D eigenvalue weighted by molar-refractivity contribution is 5.40. The van der Waals surface area contributed by atoms with Crippen LogP contribution in [0.1, 0.15) is 31.7 Å². The van der Waals surface area contributed by atoms with Crippen molar-refractivity contribution in [1.82, 2.24) is 0 Å². The smallest absolute Gasteiger partial charge is 0.123 e. The third kappa shape index (κ3) is 2.15. The Morgan fingerprint density at radius 3 is 2.87 bits per heavy atom. The fraction of sp³-hybridized carbons (Fsp3) is 0.538. The molecule has 1 heterocycles. The van der Waals surface area contributed by atoms with E-state index in [9.17, 15) is 5.11 Å². The summed E-state index contributed by atoms with van der Waals surface area (Å²) in [6.45, 7) is 4.88. The number of benzene rings is 1. The number of para-hydroxylation sites is 1. The summed E-state index contributed by atoms with van der Waals surface area (Å²) in [5.74, 6) is 1.61. The fourth-order valence-corrected chi connectivity index (χ4v) is 2.15. The molecule has 1 aliphatic rings. The molecule has 82 valence electrons. The lowest BCUT2D eigenvalue weighted by molar-refractivity contribution is 0.108. The minimum atomic E-state index is -0.284. The Kier molecular flexibility index (Phi) is 2.96. The summed E-state index contributed by atoms with van der Waals surface area (Å²) in [6, 6.07) is 7.99. The van der Waals surface area contributed by atoms with Crippen molar-refractivity contribution in [3.63, 3.8) is 0 Å². The van der Waals surface area contributed by atoms with Crippen LogP contribution in [-0.2, 0) is 0 Å². The topological polar surface area (TPSA) is 29.5 Å². The minimum Gasteiger partial charge on any atom is -0.493 e. The zero-order chi connectivity index (χ0) is 10.8. The highest BCUT2D eigenvalue weighted by Gasteiger charge is 2.30. The highest BCUT2D eigenvalue weighted by atomic mass is 16.5. The van der Waals surface area contributed by atoms with Crippen LogP contribution in [0.3, 0.4) is 0 Å². The van der Waals surface area contributed by atoms with Gasteiger partial charge in [-0.2, -0.15) is 0 Å². The van der Waals surface area contributed by atoms with Gasteiger partial charge in [-0.3, -0.25) is 0 Å². The summed E-state index contributed by atoms with van der Waals surface area (Å²) < 4.78 is 5.55. The third-order valence-electron chi connectivity index (χ3n) is 2.91. The summed E-state index contributed by atoms with van der Waals surface area (Å²) >= 11 is 0. The molecule has 0 saturated heterocycles. The molecule has 1 aliphatic heterocycles. The van der Waals surface area contributed by atoms with Gasteiger partial charge in [0.05, 0.1) is 12.7 Å². The first-order valence-electron chi connectivity index (χ1n) is 5.58. The molecule has 1 aromatic carbocycles. The Labute approximate surface area is 90.9 Å². The number of aliphatic hydroxyl groups excluding tert-OH is 1. The quantitative estimate of drug-likeness (QED) is 0.823. The molecule has 1 N–H and O–H groups in total. The van der Waals surface area contributed by atoms with Crippen molar-refractivity contribution in [2.45, 2.75) is 32.3 Å². The molecule has 0 bridgehead atoms. The van der Waals surface area contributed by atoms with E-state index in [1.165, 1.54) is 0 Å². The van der Waals surface area contributed by atoms with Gasteiger partial charge in [-0.05, 0) is 18.4 Å². The van der Waals surface area contributed by atoms with Gasteiger partial charge in [0.25, 0.3) is 0 Å². The van der Waals surface area contributed by atoms with Crippen LogP contribution >= 0.6 is 0 Å². The molecule has 0 spiro atoms. The van der Waals surface area contributed by atoms with Crippen LogP contribution in [0.25, 0.3) is 0 Å². The van der Waals surface area contributed by atoms with E-state index in [0.29, 0.717) is 12.5 Å². The molecule has 15 heavy (non-hydrogen) atoms. The van der Waals surface area contributed by atoms with Crippen LogP contribution in [0, 0.1) is 5.92 Å². The van der Waals surface area contributed by atoms with Gasteiger partial charge >= 0.3 is 0 Å². The van der Waals surface area contributed by atoms with Crippen LogP contribution in [0.4, 0.5) is 0 Å². The zero-order valence-corrected chi connectivity index (χ0v) is 9.31. The number of rotatable bonds is 3. The van der Waals surface area contributed by atoms with Crippen LogP contribution < -0.4 is 4.74 Å². The Balaban J connectivity index is 2.13. The molecule has 0 saturated carbocycles. The van der Waals surface area contributed by atoms with Crippen molar-refractivity contribution in [2.24, 2.45) is 5.92 Å². The van der Waals surface area contributed by atoms with Crippen molar-refractivity contribution < 1.29 is 9.84 Å². The molecule has 2 unspecified atom stereocenters. The third-order valence-corrected chi connectivity index (χ3v) is 2.91. The predicted molar refractivity (Wildman–Crippen MR) is 60.1 cm³/mol. The monoisotopic (exact) mass is 206 g/mol. The second kappa shape index (κ2) is 4.23. The average Bonchev–Trinajstić information content (AvgIpc) is 2.59. The summed E-state index contributed by atoms with van der Waals surface area (Å²) in [7, 11) is 0. The van der Waals surface area contributed by atoms with Crippen LogP contribution in [0.5, 0.6) is 5.75 Å². The molecule has 2 atom stereocenters. The van der Waals surface area contributed by atoms with Crippen molar-refractivity contribution in [3.05, 3.63) is 29.8 Å². The molecule has 1 aromatic rings. The predicted octanol–water partition coefficient (Wildman–Crippen LogP) is 2.57. The molecule has 2 nitrogen and oxygen atoms in total. The largest absolute Gasteiger partial charge is 0.493 e. The lowest BCUT2D eigenvalue weighted by Gasteiger charge is -2.18. The van der Waals surface area contributed by atoms with E-state index in [1.54, 1.807) is 0 Å². The molecule has 2 rings (SSSR count). The number of ether oxygens (including phenoxy) is 1. The standard InChI is InChI=1S/C13H18O2/c1-9(2)7-12(14)11-8-15-13-6-4-3-5-10(11)13/h3-6,9,11-12,14H,7-8H2,1-2H3. The van der Waals surface area contributed by atoms with Gasteiger partial charge in [-0.15, -0.1) is 0 Å². The second-order valence-electron chi connectivity index (χ2n) is 4.65. The Hall–Kier alpha value is -1.02. The van der Waals surface area contributed by atoms with Crippen molar-refractivity contribution >= 4 is 0 Å². The van der Waals surface area contributed by atoms with Crippen molar-refractivity contribution in [3.8, 4) is 5.75 Å². The maximum absolute atomic E-state index is 10.1. The summed E-state index contributed by atoms with van der Waals surface area (Å²) in [4.78, 5) is 0. The fourth-order valence-electron chi connectivity index (χ4n) is 2.15. The Bertz CT molecular complexity index is 333. The molecule has 0 aromatic heterocycles. The summed E-state index contributed by atoms with van der Waals surface area (Å²) in [5, 5.41) is 10.1. The van der Waals surface area contributed by atoms with Gasteiger partial charge in [0.15, 0.2) is 0 Å². The van der Waals surface area contributed by atoms with Crippen molar-refractivity contribution in [1.29, 1.82) is 0 Å².